The Kier molecular flexibility index (Phi) is 5.14. The molecule has 0 saturated carbocycles. The van der Waals surface area contributed by atoms with Gasteiger partial charge >= 0.3 is 0 Å². The number of hydrogen-bond donors (Lipinski definition) is 0. The maximum atomic E-state index is 2.72. The first-order valence-electron chi connectivity index (χ1n) is 8.86. The van der Waals surface area contributed by atoms with Gasteiger partial charge in [0, 0.05) is 5.41 Å². The topological polar surface area (TPSA) is 6.25 Å². The maximum absolute atomic E-state index is 2.72. The number of hydrogen-bond acceptors (Lipinski definition) is 1. The second kappa shape index (κ2) is 6.49. The molecule has 0 aromatic rings. The molecule has 0 fully saturated rings. The van der Waals surface area contributed by atoms with E-state index < -0.39 is 0 Å². The molecule has 0 radical (unpaired) electrons. The van der Waals surface area contributed by atoms with Crippen LogP contribution in [0.5, 0.6) is 0 Å². The summed E-state index contributed by atoms with van der Waals surface area (Å²) in [6.45, 7) is 15.8. The monoisotopic (exact) mass is 279 g/mol. The fourth-order valence-electron chi connectivity index (χ4n) is 3.96. The molecular formula is C18H35N2+. The van der Waals surface area contributed by atoms with Crippen molar-refractivity contribution in [1.29, 1.82) is 0 Å². The Balaban J connectivity index is 1.82. The van der Waals surface area contributed by atoms with E-state index in [4.69, 9.17) is 0 Å². The molecule has 0 spiro atoms. The van der Waals surface area contributed by atoms with Crippen LogP contribution in [0.15, 0.2) is 0 Å². The highest BCUT2D eigenvalue weighted by atomic mass is 15.3. The summed E-state index contributed by atoms with van der Waals surface area (Å²) in [6, 6.07) is 0.721. The first kappa shape index (κ1) is 15.9. The standard InChI is InChI=1S/C18H35N2/c1-6-7-8-9-10-11-12-20-15(2)13-19-14-18(4,5)16(3)17(19)20/h15-16H,6-14H2,1-5H3/q+1. The van der Waals surface area contributed by atoms with Crippen LogP contribution in [0.3, 0.4) is 0 Å². The van der Waals surface area contributed by atoms with Gasteiger partial charge in [0.1, 0.15) is 12.6 Å². The zero-order valence-electron chi connectivity index (χ0n) is 14.4. The van der Waals surface area contributed by atoms with Crippen molar-refractivity contribution in [2.75, 3.05) is 19.6 Å². The Morgan fingerprint density at radius 1 is 1.10 bits per heavy atom. The van der Waals surface area contributed by atoms with Crippen molar-refractivity contribution in [1.82, 2.24) is 4.90 Å². The fraction of sp³-hybridized carbons (Fsp3) is 0.944. The summed E-state index contributed by atoms with van der Waals surface area (Å²) in [5.41, 5.74) is 0.453. The van der Waals surface area contributed by atoms with Crippen LogP contribution in [-0.2, 0) is 0 Å². The van der Waals surface area contributed by atoms with Gasteiger partial charge in [0.2, 0.25) is 0 Å². The average molecular weight is 279 g/mol. The molecule has 2 aliphatic rings. The highest BCUT2D eigenvalue weighted by Gasteiger charge is 2.51. The molecule has 2 heteroatoms. The van der Waals surface area contributed by atoms with E-state index in [1.54, 1.807) is 5.84 Å². The van der Waals surface area contributed by atoms with Gasteiger partial charge in [0.05, 0.1) is 19.0 Å². The fourth-order valence-corrected chi connectivity index (χ4v) is 3.96. The normalized spacial score (nSPS) is 28.4. The molecule has 2 heterocycles. The number of nitrogens with zero attached hydrogens (tertiary/aromatic N) is 2. The molecule has 2 nitrogen and oxygen atoms in total. The van der Waals surface area contributed by atoms with E-state index in [1.807, 2.05) is 0 Å². The van der Waals surface area contributed by atoms with E-state index in [0.717, 1.165) is 6.04 Å². The van der Waals surface area contributed by atoms with Crippen LogP contribution in [0, 0.1) is 11.3 Å². The SMILES string of the molecule is CCCCCCCCN1C2=[N+](CC1C)CC(C)(C)C2C. The van der Waals surface area contributed by atoms with Gasteiger partial charge in [-0.2, -0.15) is 0 Å². The molecule has 2 unspecified atom stereocenters. The molecule has 2 aliphatic heterocycles. The maximum Gasteiger partial charge on any atom is 0.250 e. The van der Waals surface area contributed by atoms with Gasteiger partial charge in [0.15, 0.2) is 0 Å². The summed E-state index contributed by atoms with van der Waals surface area (Å²) in [7, 11) is 0. The molecule has 0 amide bonds. The van der Waals surface area contributed by atoms with Crippen molar-refractivity contribution < 1.29 is 4.58 Å². The zero-order chi connectivity index (χ0) is 14.8. The Hall–Kier alpha value is -0.530. The smallest absolute Gasteiger partial charge is 0.250 e. The summed E-state index contributed by atoms with van der Waals surface area (Å²) < 4.78 is 2.66. The Bertz CT molecular complexity index is 356. The van der Waals surface area contributed by atoms with Gasteiger partial charge in [0.25, 0.3) is 5.84 Å². The summed E-state index contributed by atoms with van der Waals surface area (Å²) >= 11 is 0. The van der Waals surface area contributed by atoms with Gasteiger partial charge in [-0.25, -0.2) is 0 Å². The summed E-state index contributed by atoms with van der Waals surface area (Å²) in [6.07, 6.45) is 8.40. The second-order valence-electron chi connectivity index (χ2n) is 7.76. The van der Waals surface area contributed by atoms with Crippen molar-refractivity contribution >= 4 is 5.84 Å². The lowest BCUT2D eigenvalue weighted by molar-refractivity contribution is -0.523. The molecule has 0 aromatic heterocycles. The highest BCUT2D eigenvalue weighted by molar-refractivity contribution is 5.83. The minimum Gasteiger partial charge on any atom is -0.261 e. The number of unbranched alkanes of at least 4 members (excludes halogenated alkanes) is 5. The van der Waals surface area contributed by atoms with E-state index in [1.165, 1.54) is 58.2 Å². The van der Waals surface area contributed by atoms with Crippen molar-refractivity contribution in [3.8, 4) is 0 Å². The molecule has 116 valence electrons. The van der Waals surface area contributed by atoms with Gasteiger partial charge < -0.3 is 0 Å². The Morgan fingerprint density at radius 3 is 2.45 bits per heavy atom. The minimum atomic E-state index is 0.453. The Morgan fingerprint density at radius 2 is 1.75 bits per heavy atom. The third-order valence-electron chi connectivity index (χ3n) is 5.55. The van der Waals surface area contributed by atoms with Crippen LogP contribution < -0.4 is 0 Å². The van der Waals surface area contributed by atoms with Gasteiger partial charge in [-0.15, -0.1) is 0 Å². The number of amidine groups is 1. The van der Waals surface area contributed by atoms with Gasteiger partial charge in [-0.1, -0.05) is 53.4 Å². The molecule has 2 atom stereocenters. The minimum absolute atomic E-state index is 0.453. The summed E-state index contributed by atoms with van der Waals surface area (Å²) in [4.78, 5) is 2.72. The molecule has 2 rings (SSSR count). The molecule has 0 bridgehead atoms. The highest BCUT2D eigenvalue weighted by Crippen LogP contribution is 2.37. The first-order chi connectivity index (χ1) is 9.47. The van der Waals surface area contributed by atoms with E-state index in [2.05, 4.69) is 44.1 Å². The summed E-state index contributed by atoms with van der Waals surface area (Å²) in [5, 5.41) is 0. The summed E-state index contributed by atoms with van der Waals surface area (Å²) in [5.74, 6) is 2.36. The number of rotatable bonds is 7. The van der Waals surface area contributed by atoms with Crippen LogP contribution in [0.4, 0.5) is 0 Å². The molecular weight excluding hydrogens is 244 g/mol. The largest absolute Gasteiger partial charge is 0.261 e. The van der Waals surface area contributed by atoms with Crippen LogP contribution in [-0.4, -0.2) is 41.0 Å². The van der Waals surface area contributed by atoms with E-state index >= 15 is 0 Å². The first-order valence-corrected chi connectivity index (χ1v) is 8.86. The molecule has 0 aromatic carbocycles. The van der Waals surface area contributed by atoms with Gasteiger partial charge in [-0.3, -0.25) is 9.48 Å². The third kappa shape index (κ3) is 3.20. The molecule has 0 N–H and O–H groups in total. The van der Waals surface area contributed by atoms with E-state index in [-0.39, 0.29) is 0 Å². The van der Waals surface area contributed by atoms with E-state index in [9.17, 15) is 0 Å². The van der Waals surface area contributed by atoms with Gasteiger partial charge in [-0.05, 0) is 19.8 Å². The quantitative estimate of drug-likeness (QED) is 0.501. The van der Waals surface area contributed by atoms with Crippen molar-refractivity contribution in [2.45, 2.75) is 79.2 Å². The second-order valence-corrected chi connectivity index (χ2v) is 7.76. The molecule has 0 saturated heterocycles. The van der Waals surface area contributed by atoms with Crippen LogP contribution in [0.2, 0.25) is 0 Å². The van der Waals surface area contributed by atoms with Crippen molar-refractivity contribution in [3.63, 3.8) is 0 Å². The van der Waals surface area contributed by atoms with Crippen molar-refractivity contribution in [2.24, 2.45) is 11.3 Å². The van der Waals surface area contributed by atoms with Crippen LogP contribution >= 0.6 is 0 Å². The van der Waals surface area contributed by atoms with Crippen LogP contribution in [0.1, 0.15) is 73.1 Å². The van der Waals surface area contributed by atoms with Crippen molar-refractivity contribution in [3.05, 3.63) is 0 Å². The zero-order valence-corrected chi connectivity index (χ0v) is 14.4. The van der Waals surface area contributed by atoms with Crippen LogP contribution in [0.25, 0.3) is 0 Å². The average Bonchev–Trinajstić information content (AvgIpc) is 2.78. The van der Waals surface area contributed by atoms with E-state index in [0.29, 0.717) is 11.3 Å². The lowest BCUT2D eigenvalue weighted by Gasteiger charge is -2.27. The predicted molar refractivity (Wildman–Crippen MR) is 87.5 cm³/mol. The Labute approximate surface area is 126 Å². The lowest BCUT2D eigenvalue weighted by atomic mass is 9.81. The lowest BCUT2D eigenvalue weighted by Crippen LogP contribution is -2.41. The molecule has 20 heavy (non-hydrogen) atoms. The third-order valence-corrected chi connectivity index (χ3v) is 5.55. The molecule has 0 aliphatic carbocycles. The predicted octanol–water partition coefficient (Wildman–Crippen LogP) is 4.14.